The van der Waals surface area contributed by atoms with E-state index in [0.717, 1.165) is 22.0 Å². The van der Waals surface area contributed by atoms with Crippen LogP contribution in [0.1, 0.15) is 12.5 Å². The molecule has 0 heterocycles. The van der Waals surface area contributed by atoms with E-state index in [1.54, 1.807) is 12.1 Å². The second kappa shape index (κ2) is 9.72. The Bertz CT molecular complexity index is 1180. The van der Waals surface area contributed by atoms with Gasteiger partial charge in [0.25, 0.3) is 5.91 Å². The second-order valence-corrected chi connectivity index (χ2v) is 8.70. The molecule has 3 aromatic rings. The van der Waals surface area contributed by atoms with Gasteiger partial charge in [0, 0.05) is 11.9 Å². The van der Waals surface area contributed by atoms with Gasteiger partial charge in [-0.25, -0.2) is 8.42 Å². The number of hydrogen-bond donors (Lipinski definition) is 1. The number of rotatable bonds is 8. The predicted molar refractivity (Wildman–Crippen MR) is 119 cm³/mol. The van der Waals surface area contributed by atoms with Crippen LogP contribution in [0, 0.1) is 6.92 Å². The Morgan fingerprint density at radius 1 is 0.968 bits per heavy atom. The lowest BCUT2D eigenvalue weighted by Crippen LogP contribution is -2.36. The molecule has 8 heteroatoms. The van der Waals surface area contributed by atoms with Crippen molar-refractivity contribution >= 4 is 38.4 Å². The number of ether oxygens (including phenoxy) is 1. The summed E-state index contributed by atoms with van der Waals surface area (Å²) in [6, 6.07) is 19.6. The van der Waals surface area contributed by atoms with Crippen molar-refractivity contribution in [1.29, 1.82) is 0 Å². The Morgan fingerprint density at radius 2 is 1.65 bits per heavy atom. The number of aryl methyl sites for hydroxylation is 1. The molecule has 1 N–H and O–H groups in total. The molecule has 0 radical (unpaired) electrons. The molecule has 0 aromatic heterocycles. The van der Waals surface area contributed by atoms with Crippen LogP contribution in [0.2, 0.25) is 0 Å². The van der Waals surface area contributed by atoms with E-state index in [2.05, 4.69) is 4.72 Å². The molecule has 0 saturated heterocycles. The Balaban J connectivity index is 1.60. The lowest BCUT2D eigenvalue weighted by atomic mass is 10.1. The molecule has 7 nitrogen and oxygen atoms in total. The van der Waals surface area contributed by atoms with Gasteiger partial charge >= 0.3 is 5.97 Å². The third kappa shape index (κ3) is 5.48. The van der Waals surface area contributed by atoms with Crippen LogP contribution in [0.5, 0.6) is 0 Å². The van der Waals surface area contributed by atoms with E-state index < -0.39 is 35.1 Å². The molecule has 1 amide bonds. The first-order valence-corrected chi connectivity index (χ1v) is 11.3. The molecule has 3 aromatic carbocycles. The Kier molecular flexibility index (Phi) is 7.04. The molecule has 0 atom stereocenters. The standard InChI is InChI=1S/C23H24N2O5S/c1-3-25(21-10-6-8-18-7-4-5-9-20(18)21)22(26)16-30-23(27)15-24-31(28,29)19-13-11-17(2)12-14-19/h4-14,24H,3,15-16H2,1-2H3. The van der Waals surface area contributed by atoms with Crippen molar-refractivity contribution in [2.24, 2.45) is 0 Å². The van der Waals surface area contributed by atoms with Gasteiger partial charge in [0.1, 0.15) is 6.54 Å². The van der Waals surface area contributed by atoms with Crippen molar-refractivity contribution in [3.05, 3.63) is 72.3 Å². The second-order valence-electron chi connectivity index (χ2n) is 6.93. The molecule has 31 heavy (non-hydrogen) atoms. The zero-order chi connectivity index (χ0) is 22.4. The molecule has 3 rings (SSSR count). The Morgan fingerprint density at radius 3 is 2.35 bits per heavy atom. The predicted octanol–water partition coefficient (Wildman–Crippen LogP) is 3.02. The fraction of sp³-hybridized carbons (Fsp3) is 0.217. The number of sulfonamides is 1. The van der Waals surface area contributed by atoms with E-state index in [1.165, 1.54) is 17.0 Å². The molecule has 0 unspecified atom stereocenters. The summed E-state index contributed by atoms with van der Waals surface area (Å²) in [7, 11) is -3.85. The van der Waals surface area contributed by atoms with Crippen LogP contribution >= 0.6 is 0 Å². The maximum absolute atomic E-state index is 12.7. The minimum absolute atomic E-state index is 0.0510. The quantitative estimate of drug-likeness (QED) is 0.544. The summed E-state index contributed by atoms with van der Waals surface area (Å²) in [5.74, 6) is -1.23. The van der Waals surface area contributed by atoms with E-state index in [9.17, 15) is 18.0 Å². The molecule has 0 aliphatic rings. The average molecular weight is 441 g/mol. The van der Waals surface area contributed by atoms with Crippen LogP contribution in [0.15, 0.2) is 71.6 Å². The monoisotopic (exact) mass is 440 g/mol. The fourth-order valence-electron chi connectivity index (χ4n) is 3.15. The van der Waals surface area contributed by atoms with Gasteiger partial charge in [0.05, 0.1) is 10.6 Å². The van der Waals surface area contributed by atoms with Gasteiger partial charge in [-0.15, -0.1) is 0 Å². The van der Waals surface area contributed by atoms with E-state index in [4.69, 9.17) is 4.74 Å². The highest BCUT2D eigenvalue weighted by molar-refractivity contribution is 7.89. The lowest BCUT2D eigenvalue weighted by molar-refractivity contribution is -0.146. The minimum Gasteiger partial charge on any atom is -0.455 e. The molecule has 0 fully saturated rings. The topological polar surface area (TPSA) is 92.8 Å². The van der Waals surface area contributed by atoms with Crippen LogP contribution in [0.25, 0.3) is 10.8 Å². The zero-order valence-electron chi connectivity index (χ0n) is 17.4. The number of hydrogen-bond acceptors (Lipinski definition) is 5. The summed E-state index contributed by atoms with van der Waals surface area (Å²) in [6.07, 6.45) is 0. The van der Waals surface area contributed by atoms with Crippen molar-refractivity contribution in [1.82, 2.24) is 4.72 Å². The first-order valence-electron chi connectivity index (χ1n) is 9.82. The Hall–Kier alpha value is -3.23. The molecule has 0 aliphatic carbocycles. The highest BCUT2D eigenvalue weighted by atomic mass is 32.2. The van der Waals surface area contributed by atoms with Crippen LogP contribution in [0.4, 0.5) is 5.69 Å². The lowest BCUT2D eigenvalue weighted by Gasteiger charge is -2.22. The van der Waals surface area contributed by atoms with Crippen molar-refractivity contribution in [3.63, 3.8) is 0 Å². The number of esters is 1. The maximum atomic E-state index is 12.7. The minimum atomic E-state index is -3.85. The number of carbonyl (C=O) groups excluding carboxylic acids is 2. The first-order chi connectivity index (χ1) is 14.8. The summed E-state index contributed by atoms with van der Waals surface area (Å²) in [5, 5.41) is 1.91. The number of nitrogens with one attached hydrogen (secondary N) is 1. The molecule has 0 aliphatic heterocycles. The number of fused-ring (bicyclic) bond motifs is 1. The van der Waals surface area contributed by atoms with Crippen molar-refractivity contribution in [2.75, 3.05) is 24.6 Å². The highest BCUT2D eigenvalue weighted by Gasteiger charge is 2.20. The average Bonchev–Trinajstić information content (AvgIpc) is 2.77. The summed E-state index contributed by atoms with van der Waals surface area (Å²) < 4.78 is 31.7. The van der Waals surface area contributed by atoms with Gasteiger partial charge < -0.3 is 9.64 Å². The van der Waals surface area contributed by atoms with Crippen LogP contribution < -0.4 is 9.62 Å². The maximum Gasteiger partial charge on any atom is 0.321 e. The summed E-state index contributed by atoms with van der Waals surface area (Å²) in [6.45, 7) is 3.02. The van der Waals surface area contributed by atoms with Crippen LogP contribution in [0.3, 0.4) is 0 Å². The zero-order valence-corrected chi connectivity index (χ0v) is 18.2. The van der Waals surface area contributed by atoms with Crippen LogP contribution in [-0.4, -0.2) is 40.0 Å². The number of amides is 1. The number of benzene rings is 3. The van der Waals surface area contributed by atoms with Crippen molar-refractivity contribution < 1.29 is 22.7 Å². The van der Waals surface area contributed by atoms with Gasteiger partial charge in [-0.3, -0.25) is 9.59 Å². The number of likely N-dealkylation sites (N-methyl/N-ethyl adjacent to an activating group) is 1. The first kappa shape index (κ1) is 22.5. The third-order valence-corrected chi connectivity index (χ3v) is 6.19. The fourth-order valence-corrected chi connectivity index (χ4v) is 4.12. The molecule has 0 bridgehead atoms. The number of nitrogens with zero attached hydrogens (tertiary/aromatic N) is 1. The van der Waals surface area contributed by atoms with Crippen molar-refractivity contribution in [3.8, 4) is 0 Å². The largest absolute Gasteiger partial charge is 0.455 e. The smallest absolute Gasteiger partial charge is 0.321 e. The molecule has 0 spiro atoms. The molecular formula is C23H24N2O5S. The van der Waals surface area contributed by atoms with Gasteiger partial charge in [-0.1, -0.05) is 54.1 Å². The van der Waals surface area contributed by atoms with E-state index >= 15 is 0 Å². The molecular weight excluding hydrogens is 416 g/mol. The highest BCUT2D eigenvalue weighted by Crippen LogP contribution is 2.26. The number of anilines is 1. The van der Waals surface area contributed by atoms with Gasteiger partial charge in [-0.2, -0.15) is 4.72 Å². The number of carbonyl (C=O) groups is 2. The van der Waals surface area contributed by atoms with Crippen LogP contribution in [-0.2, 0) is 24.3 Å². The van der Waals surface area contributed by atoms with Gasteiger partial charge in [-0.05, 0) is 37.4 Å². The van der Waals surface area contributed by atoms with E-state index in [-0.39, 0.29) is 4.90 Å². The summed E-state index contributed by atoms with van der Waals surface area (Å²) >= 11 is 0. The van der Waals surface area contributed by atoms with E-state index in [0.29, 0.717) is 6.54 Å². The molecule has 0 saturated carbocycles. The molecule has 162 valence electrons. The third-order valence-electron chi connectivity index (χ3n) is 4.77. The summed E-state index contributed by atoms with van der Waals surface area (Å²) in [4.78, 5) is 26.3. The summed E-state index contributed by atoms with van der Waals surface area (Å²) in [5.41, 5.74) is 1.64. The Labute approximate surface area is 181 Å². The van der Waals surface area contributed by atoms with E-state index in [1.807, 2.05) is 56.3 Å². The van der Waals surface area contributed by atoms with Gasteiger partial charge in [0.15, 0.2) is 6.61 Å². The van der Waals surface area contributed by atoms with Gasteiger partial charge in [0.2, 0.25) is 10.0 Å². The van der Waals surface area contributed by atoms with Crippen molar-refractivity contribution in [2.45, 2.75) is 18.7 Å². The normalized spacial score (nSPS) is 11.3. The SMILES string of the molecule is CCN(C(=O)COC(=O)CNS(=O)(=O)c1ccc(C)cc1)c1cccc2ccccc12.